The van der Waals surface area contributed by atoms with E-state index in [1.54, 1.807) is 0 Å². The van der Waals surface area contributed by atoms with Crippen molar-refractivity contribution in [1.29, 1.82) is 0 Å². The zero-order valence-corrected chi connectivity index (χ0v) is 10.1. The first kappa shape index (κ1) is 12.1. The highest BCUT2D eigenvalue weighted by atomic mass is 127. The van der Waals surface area contributed by atoms with Crippen LogP contribution in [0, 0.1) is 0 Å². The van der Waals surface area contributed by atoms with Gasteiger partial charge in [-0.1, -0.05) is 0 Å². The van der Waals surface area contributed by atoms with E-state index in [1.807, 2.05) is 0 Å². The molecule has 0 saturated carbocycles. The molecule has 52 valence electrons. The van der Waals surface area contributed by atoms with Crippen LogP contribution < -0.4 is 24.0 Å². The monoisotopic (exact) mass is 341 g/mol. The minimum atomic E-state index is 0. The van der Waals surface area contributed by atoms with Gasteiger partial charge in [-0.2, -0.15) is 0 Å². The van der Waals surface area contributed by atoms with E-state index in [2.05, 4.69) is 50.7 Å². The standard InChI is InChI=1S/C5H13IN.HI/c1-5(6)7(2,3)4;/h5H,1-4H3;1H/q+1;/p-1. The first-order valence-electron chi connectivity index (χ1n) is 2.40. The maximum absolute atomic E-state index is 2.42. The molecule has 1 atom stereocenters. The fraction of sp³-hybridized carbons (Fsp3) is 1.00. The summed E-state index contributed by atoms with van der Waals surface area (Å²) < 4.78 is 1.75. The van der Waals surface area contributed by atoms with Crippen LogP contribution in [0.25, 0.3) is 0 Å². The van der Waals surface area contributed by atoms with Crippen LogP contribution in [-0.4, -0.2) is 29.7 Å². The molecule has 0 aliphatic rings. The molecule has 0 spiro atoms. The van der Waals surface area contributed by atoms with Crippen molar-refractivity contribution in [3.63, 3.8) is 0 Å². The predicted molar refractivity (Wildman–Crippen MR) is 41.5 cm³/mol. The Kier molecular flexibility index (Phi) is 6.47. The summed E-state index contributed by atoms with van der Waals surface area (Å²) in [6.07, 6.45) is 0. The maximum atomic E-state index is 2.42. The highest BCUT2D eigenvalue weighted by Gasteiger charge is 2.12. The molecule has 0 aromatic carbocycles. The van der Waals surface area contributed by atoms with Crippen LogP contribution in [0.2, 0.25) is 0 Å². The molecular weight excluding hydrogens is 328 g/mol. The van der Waals surface area contributed by atoms with E-state index in [0.29, 0.717) is 4.05 Å². The van der Waals surface area contributed by atoms with E-state index >= 15 is 0 Å². The molecule has 0 heterocycles. The molecule has 0 amide bonds. The number of nitrogens with zero attached hydrogens (tertiary/aromatic N) is 1. The van der Waals surface area contributed by atoms with Crippen molar-refractivity contribution in [3.05, 3.63) is 0 Å². The molecule has 0 aliphatic carbocycles. The molecule has 8 heavy (non-hydrogen) atoms. The number of alkyl halides is 1. The molecule has 0 aromatic heterocycles. The first-order valence-corrected chi connectivity index (χ1v) is 3.64. The minimum absolute atomic E-state index is 0. The minimum Gasteiger partial charge on any atom is -1.00 e. The van der Waals surface area contributed by atoms with Gasteiger partial charge in [-0.25, -0.2) is 0 Å². The molecule has 0 radical (unpaired) electrons. The summed E-state index contributed by atoms with van der Waals surface area (Å²) in [6, 6.07) is 0. The number of hydrogen-bond acceptors (Lipinski definition) is 0. The highest BCUT2D eigenvalue weighted by Crippen LogP contribution is 2.07. The predicted octanol–water partition coefficient (Wildman–Crippen LogP) is -1.52. The quantitative estimate of drug-likeness (QED) is 0.235. The van der Waals surface area contributed by atoms with Crippen LogP contribution in [0.15, 0.2) is 0 Å². The summed E-state index contributed by atoms with van der Waals surface area (Å²) in [5, 5.41) is 0. The van der Waals surface area contributed by atoms with E-state index in [4.69, 9.17) is 0 Å². The van der Waals surface area contributed by atoms with Gasteiger partial charge in [0.25, 0.3) is 0 Å². The van der Waals surface area contributed by atoms with Gasteiger partial charge in [-0.3, -0.25) is 0 Å². The van der Waals surface area contributed by atoms with Crippen molar-refractivity contribution in [3.8, 4) is 0 Å². The third-order valence-electron chi connectivity index (χ3n) is 1.07. The maximum Gasteiger partial charge on any atom is 0.136 e. The van der Waals surface area contributed by atoms with E-state index < -0.39 is 0 Å². The van der Waals surface area contributed by atoms with Crippen molar-refractivity contribution >= 4 is 22.6 Å². The second-order valence-corrected chi connectivity index (χ2v) is 4.49. The van der Waals surface area contributed by atoms with Crippen molar-refractivity contribution in [2.45, 2.75) is 11.0 Å². The van der Waals surface area contributed by atoms with Gasteiger partial charge in [-0.05, 0) is 29.5 Å². The summed E-state index contributed by atoms with van der Waals surface area (Å²) in [4.78, 5) is 0. The molecule has 0 fully saturated rings. The number of rotatable bonds is 1. The Morgan fingerprint density at radius 2 is 1.38 bits per heavy atom. The molecule has 0 aliphatic heterocycles. The average molecular weight is 341 g/mol. The molecular formula is C5H13I2N. The number of hydrogen-bond donors (Lipinski definition) is 0. The molecule has 0 rings (SSSR count). The highest BCUT2D eigenvalue weighted by molar-refractivity contribution is 14.1. The van der Waals surface area contributed by atoms with Crippen LogP contribution in [0.5, 0.6) is 0 Å². The van der Waals surface area contributed by atoms with Gasteiger partial charge in [-0.15, -0.1) is 0 Å². The lowest BCUT2D eigenvalue weighted by Crippen LogP contribution is -3.00. The van der Waals surface area contributed by atoms with E-state index in [0.717, 1.165) is 4.48 Å². The van der Waals surface area contributed by atoms with Crippen molar-refractivity contribution in [2.75, 3.05) is 21.1 Å². The van der Waals surface area contributed by atoms with E-state index in [9.17, 15) is 0 Å². The summed E-state index contributed by atoms with van der Waals surface area (Å²) in [5.74, 6) is 0. The van der Waals surface area contributed by atoms with Crippen molar-refractivity contribution in [1.82, 2.24) is 0 Å². The Bertz CT molecular complexity index is 55.9. The van der Waals surface area contributed by atoms with E-state index in [-0.39, 0.29) is 24.0 Å². The SMILES string of the molecule is CC(I)[N+](C)(C)C.[I-]. The summed E-state index contributed by atoms with van der Waals surface area (Å²) in [7, 11) is 6.57. The van der Waals surface area contributed by atoms with Gasteiger partial charge in [0.2, 0.25) is 0 Å². The lowest BCUT2D eigenvalue weighted by molar-refractivity contribution is -0.874. The fourth-order valence-corrected chi connectivity index (χ4v) is 0. The van der Waals surface area contributed by atoms with Crippen LogP contribution in [-0.2, 0) is 0 Å². The van der Waals surface area contributed by atoms with Gasteiger partial charge in [0.15, 0.2) is 0 Å². The Balaban J connectivity index is 0. The van der Waals surface area contributed by atoms with Gasteiger partial charge in [0.05, 0.1) is 21.1 Å². The summed E-state index contributed by atoms with van der Waals surface area (Å²) in [5.41, 5.74) is 0. The Labute approximate surface area is 82.6 Å². The van der Waals surface area contributed by atoms with Crippen LogP contribution in [0.4, 0.5) is 0 Å². The van der Waals surface area contributed by atoms with Gasteiger partial charge < -0.3 is 28.5 Å². The second kappa shape index (κ2) is 4.27. The normalized spacial score (nSPS) is 14.6. The Morgan fingerprint density at radius 1 is 1.25 bits per heavy atom. The molecule has 0 aromatic rings. The summed E-state index contributed by atoms with van der Waals surface area (Å²) >= 11 is 2.42. The lowest BCUT2D eigenvalue weighted by atomic mass is 10.6. The van der Waals surface area contributed by atoms with Crippen molar-refractivity contribution < 1.29 is 28.5 Å². The third-order valence-corrected chi connectivity index (χ3v) is 2.74. The summed E-state index contributed by atoms with van der Waals surface area (Å²) in [6.45, 7) is 2.21. The van der Waals surface area contributed by atoms with Crippen LogP contribution in [0.3, 0.4) is 0 Å². The Morgan fingerprint density at radius 3 is 1.38 bits per heavy atom. The second-order valence-electron chi connectivity index (χ2n) is 2.69. The fourth-order valence-electron chi connectivity index (χ4n) is 0. The third kappa shape index (κ3) is 5.55. The first-order chi connectivity index (χ1) is 2.94. The van der Waals surface area contributed by atoms with Gasteiger partial charge in [0.1, 0.15) is 4.05 Å². The average Bonchev–Trinajstić information content (AvgIpc) is 1.31. The molecule has 0 saturated heterocycles. The smallest absolute Gasteiger partial charge is 0.136 e. The zero-order valence-electron chi connectivity index (χ0n) is 5.78. The Hall–Kier alpha value is 1.42. The van der Waals surface area contributed by atoms with Crippen LogP contribution in [0.1, 0.15) is 6.92 Å². The van der Waals surface area contributed by atoms with E-state index in [1.165, 1.54) is 0 Å². The van der Waals surface area contributed by atoms with Gasteiger partial charge in [0, 0.05) is 0 Å². The number of quaternary nitrogens is 1. The lowest BCUT2D eigenvalue weighted by Gasteiger charge is -2.26. The molecule has 1 nitrogen and oxygen atoms in total. The topological polar surface area (TPSA) is 0 Å². The van der Waals surface area contributed by atoms with Gasteiger partial charge >= 0.3 is 0 Å². The molecule has 0 N–H and O–H groups in total. The number of halogens is 2. The van der Waals surface area contributed by atoms with Crippen molar-refractivity contribution in [2.24, 2.45) is 0 Å². The molecule has 3 heteroatoms. The molecule has 1 unspecified atom stereocenters. The molecule has 0 bridgehead atoms. The van der Waals surface area contributed by atoms with Crippen LogP contribution >= 0.6 is 22.6 Å². The largest absolute Gasteiger partial charge is 1.00 e. The zero-order chi connectivity index (χ0) is 6.08.